The van der Waals surface area contributed by atoms with E-state index in [-0.39, 0.29) is 83.3 Å². The number of ether oxygens (including phenoxy) is 1. The molecule has 7 amide bonds. The molecule has 0 spiro atoms. The number of hydrogen-bond donors (Lipinski definition) is 3. The summed E-state index contributed by atoms with van der Waals surface area (Å²) in [4.78, 5) is 109. The van der Waals surface area contributed by atoms with E-state index in [0.29, 0.717) is 64.2 Å². The van der Waals surface area contributed by atoms with Gasteiger partial charge in [-0.2, -0.15) is 13.8 Å². The number of imide groups is 2. The molecule has 0 radical (unpaired) electrons. The van der Waals surface area contributed by atoms with Crippen molar-refractivity contribution >= 4 is 70.2 Å². The van der Waals surface area contributed by atoms with Crippen LogP contribution in [-0.2, 0) is 19.2 Å². The third-order valence-electron chi connectivity index (χ3n) is 13.6. The van der Waals surface area contributed by atoms with Crippen LogP contribution in [0.15, 0.2) is 36.5 Å². The number of benzene rings is 2. The highest BCUT2D eigenvalue weighted by atomic mass is 19.3. The maximum Gasteiger partial charge on any atom is 0.342 e. The van der Waals surface area contributed by atoms with Gasteiger partial charge in [-0.1, -0.05) is 18.9 Å². The molecule has 1 aromatic heterocycles. The molecule has 4 fully saturated rings. The summed E-state index contributed by atoms with van der Waals surface area (Å²) >= 11 is 0. The number of aromatic nitrogens is 2. The fourth-order valence-corrected chi connectivity index (χ4v) is 9.97. The Morgan fingerprint density at radius 1 is 0.955 bits per heavy atom. The third kappa shape index (κ3) is 8.69. The van der Waals surface area contributed by atoms with E-state index in [1.54, 1.807) is 23.1 Å². The first-order valence-electron chi connectivity index (χ1n) is 22.5. The zero-order valence-corrected chi connectivity index (χ0v) is 37.0. The Balaban J connectivity index is 0.775. The number of fused-ring (bicyclic) bond motifs is 2. The molecule has 354 valence electrons. The second-order valence-electron chi connectivity index (χ2n) is 17.7. The van der Waals surface area contributed by atoms with Crippen LogP contribution in [0.2, 0.25) is 0 Å². The van der Waals surface area contributed by atoms with Gasteiger partial charge in [-0.3, -0.25) is 48.7 Å². The van der Waals surface area contributed by atoms with E-state index < -0.39 is 65.8 Å². The first kappa shape index (κ1) is 45.3. The molecule has 22 heteroatoms. The second kappa shape index (κ2) is 18.1. The summed E-state index contributed by atoms with van der Waals surface area (Å²) in [5.74, 6) is -8.80. The standard InChI is InChI=1S/C45H50F3N11O8/c1-54-33-22-49-44(53-38(33)58(26-6-3-4-7-26)24-45(47,48)43(54)66)51-30-21-29(46)28(20-34(30)67-2)39(62)50-25-12-15-57(23-25)36(61)13-14-55-16-18-56(19-17-55)31-9-5-8-27-37(31)42(65)59(41(27)64)32-10-11-35(60)52-40(32)63/h5,8-9,20-22,25-26,32H,3-4,6-7,10-19,23-24H2,1-2H3,(H,50,62)(H,49,51,53)(H,52,60,63)/t25-,32?/m0/s1. The summed E-state index contributed by atoms with van der Waals surface area (Å²) in [6.07, 6.45) is 5.07. The first-order chi connectivity index (χ1) is 32.1. The topological polar surface area (TPSA) is 210 Å². The third-order valence-corrected chi connectivity index (χ3v) is 13.6. The maximum atomic E-state index is 15.7. The number of carbonyl (C=O) groups excluding carboxylic acids is 7. The van der Waals surface area contributed by atoms with Gasteiger partial charge in [-0.15, -0.1) is 0 Å². The minimum Gasteiger partial charge on any atom is -0.495 e. The Hall–Kier alpha value is -6.84. The molecule has 6 heterocycles. The van der Waals surface area contributed by atoms with E-state index in [0.717, 1.165) is 28.7 Å². The number of rotatable bonds is 11. The Bertz CT molecular complexity index is 2550. The van der Waals surface area contributed by atoms with Crippen molar-refractivity contribution in [3.05, 3.63) is 59.0 Å². The van der Waals surface area contributed by atoms with Crippen molar-refractivity contribution < 1.29 is 51.5 Å². The SMILES string of the molecule is COc1cc(C(=O)N[C@H]2CCN(C(=O)CCN3CCN(c4cccc5c4C(=O)N(C4CCC(=O)NC4=O)C5=O)CC3)C2)c(F)cc1Nc1ncc2c(n1)N(C1CCCC1)CC(F)(F)C(=O)N2C. The molecule has 1 saturated carbocycles. The highest BCUT2D eigenvalue weighted by molar-refractivity contribution is 6.25. The number of methoxy groups -OCH3 is 1. The van der Waals surface area contributed by atoms with Crippen LogP contribution in [0.4, 0.5) is 42.0 Å². The Morgan fingerprint density at radius 3 is 2.45 bits per heavy atom. The molecule has 5 aliphatic heterocycles. The van der Waals surface area contributed by atoms with E-state index in [1.165, 1.54) is 31.3 Å². The smallest absolute Gasteiger partial charge is 0.342 e. The molecular formula is C45H50F3N11O8. The number of nitrogens with one attached hydrogen (secondary N) is 3. The van der Waals surface area contributed by atoms with Gasteiger partial charge in [0.25, 0.3) is 23.6 Å². The molecule has 3 saturated heterocycles. The lowest BCUT2D eigenvalue weighted by Gasteiger charge is -2.37. The highest BCUT2D eigenvalue weighted by Gasteiger charge is 2.49. The fourth-order valence-electron chi connectivity index (χ4n) is 9.97. The average molecular weight is 930 g/mol. The number of halogens is 3. The van der Waals surface area contributed by atoms with Crippen LogP contribution in [0.25, 0.3) is 0 Å². The molecule has 3 N–H and O–H groups in total. The lowest BCUT2D eigenvalue weighted by molar-refractivity contribution is -0.140. The Morgan fingerprint density at radius 2 is 1.72 bits per heavy atom. The highest BCUT2D eigenvalue weighted by Crippen LogP contribution is 2.41. The zero-order valence-electron chi connectivity index (χ0n) is 37.0. The van der Waals surface area contributed by atoms with Crippen LogP contribution >= 0.6 is 0 Å². The monoisotopic (exact) mass is 929 g/mol. The number of anilines is 5. The Labute approximate surface area is 382 Å². The number of piperidine rings is 1. The van der Waals surface area contributed by atoms with Crippen molar-refractivity contribution in [2.75, 3.05) is 86.5 Å². The summed E-state index contributed by atoms with van der Waals surface area (Å²) in [5.41, 5.74) is 0.922. The maximum absolute atomic E-state index is 15.7. The van der Waals surface area contributed by atoms with Crippen LogP contribution in [0.1, 0.15) is 82.4 Å². The van der Waals surface area contributed by atoms with Crippen LogP contribution in [0, 0.1) is 5.82 Å². The van der Waals surface area contributed by atoms with E-state index in [4.69, 9.17) is 4.74 Å². The van der Waals surface area contributed by atoms with E-state index in [9.17, 15) is 33.6 Å². The van der Waals surface area contributed by atoms with Crippen molar-refractivity contribution in [2.24, 2.45) is 0 Å². The molecule has 1 unspecified atom stereocenters. The second-order valence-corrected chi connectivity index (χ2v) is 17.7. The van der Waals surface area contributed by atoms with Gasteiger partial charge in [0, 0.05) is 83.9 Å². The van der Waals surface area contributed by atoms with Crippen molar-refractivity contribution in [1.82, 2.24) is 35.3 Å². The van der Waals surface area contributed by atoms with E-state index in [2.05, 4.69) is 30.8 Å². The minimum absolute atomic E-state index is 0.0294. The molecule has 1 aliphatic carbocycles. The molecule has 2 aromatic carbocycles. The largest absolute Gasteiger partial charge is 0.495 e. The lowest BCUT2D eigenvalue weighted by atomic mass is 10.0. The number of carbonyl (C=O) groups is 7. The Kier molecular flexibility index (Phi) is 12.2. The van der Waals surface area contributed by atoms with Gasteiger partial charge in [0.05, 0.1) is 47.9 Å². The van der Waals surface area contributed by atoms with Gasteiger partial charge in [0.2, 0.25) is 23.7 Å². The van der Waals surface area contributed by atoms with Crippen molar-refractivity contribution in [3.8, 4) is 5.75 Å². The quantitative estimate of drug-likeness (QED) is 0.236. The predicted molar refractivity (Wildman–Crippen MR) is 235 cm³/mol. The van der Waals surface area contributed by atoms with Crippen LogP contribution in [0.5, 0.6) is 5.75 Å². The van der Waals surface area contributed by atoms with E-state index in [1.807, 2.05) is 4.90 Å². The van der Waals surface area contributed by atoms with Crippen molar-refractivity contribution in [3.63, 3.8) is 0 Å². The van der Waals surface area contributed by atoms with Gasteiger partial charge in [0.15, 0.2) is 5.82 Å². The average Bonchev–Trinajstić information content (AvgIpc) is 4.07. The van der Waals surface area contributed by atoms with Crippen molar-refractivity contribution in [2.45, 2.75) is 75.4 Å². The number of nitrogens with zero attached hydrogens (tertiary/aromatic N) is 8. The fraction of sp³-hybridized carbons (Fsp3) is 0.489. The molecule has 6 aliphatic rings. The molecule has 9 rings (SSSR count). The summed E-state index contributed by atoms with van der Waals surface area (Å²) in [5, 5.41) is 7.94. The molecular weight excluding hydrogens is 880 g/mol. The lowest BCUT2D eigenvalue weighted by Crippen LogP contribution is -2.54. The molecule has 0 bridgehead atoms. The molecule has 3 aromatic rings. The molecule has 19 nitrogen and oxygen atoms in total. The van der Waals surface area contributed by atoms with Gasteiger partial charge < -0.3 is 35.0 Å². The van der Waals surface area contributed by atoms with Gasteiger partial charge in [-0.25, -0.2) is 9.37 Å². The number of alkyl halides is 2. The molecule has 67 heavy (non-hydrogen) atoms. The van der Waals surface area contributed by atoms with Crippen molar-refractivity contribution in [1.29, 1.82) is 0 Å². The normalized spacial score (nSPS) is 22.2. The van der Waals surface area contributed by atoms with Gasteiger partial charge in [0.1, 0.15) is 23.3 Å². The van der Waals surface area contributed by atoms with Gasteiger partial charge in [-0.05, 0) is 43.9 Å². The van der Waals surface area contributed by atoms with E-state index >= 15 is 13.2 Å². The summed E-state index contributed by atoms with van der Waals surface area (Å²) < 4.78 is 51.3. The number of likely N-dealkylation sites (tertiary alicyclic amines) is 1. The summed E-state index contributed by atoms with van der Waals surface area (Å²) in [7, 11) is 2.58. The van der Waals surface area contributed by atoms with Crippen LogP contribution in [-0.4, -0.2) is 157 Å². The minimum atomic E-state index is -3.66. The summed E-state index contributed by atoms with van der Waals surface area (Å²) in [6, 6.07) is 5.56. The first-order valence-corrected chi connectivity index (χ1v) is 22.5. The molecule has 2 atom stereocenters. The summed E-state index contributed by atoms with van der Waals surface area (Å²) in [6.45, 7) is 2.47. The van der Waals surface area contributed by atoms with Crippen LogP contribution < -0.4 is 35.4 Å². The number of piperazine rings is 1. The predicted octanol–water partition coefficient (Wildman–Crippen LogP) is 2.67. The zero-order chi connectivity index (χ0) is 47.3. The number of amides is 7. The van der Waals surface area contributed by atoms with Crippen LogP contribution in [0.3, 0.4) is 0 Å². The number of hydrogen-bond acceptors (Lipinski definition) is 14. The van der Waals surface area contributed by atoms with Gasteiger partial charge >= 0.3 is 5.92 Å².